The standard InChI is InChI=1S/C16H20N6O2.C2HF3O2/c1-3-4-7-22-13-11(10-12(14(17)23)20(2)15(13)24)19-16(22)21-8-5-18-6-9-21;3-2(4,5)1(6)7/h10,18H,5-9H2,1-2H3,(H2,17,23);(H,6,7). The number of anilines is 1. The number of alkyl halides is 3. The fourth-order valence-corrected chi connectivity index (χ4v) is 2.93. The molecule has 3 rings (SSSR count). The Kier molecular flexibility index (Phi) is 7.29. The number of imidazole rings is 1. The van der Waals surface area contributed by atoms with Gasteiger partial charge in [-0.2, -0.15) is 13.2 Å². The highest BCUT2D eigenvalue weighted by molar-refractivity contribution is 5.94. The van der Waals surface area contributed by atoms with Crippen molar-refractivity contribution in [3.05, 3.63) is 22.1 Å². The van der Waals surface area contributed by atoms with E-state index >= 15 is 0 Å². The summed E-state index contributed by atoms with van der Waals surface area (Å²) in [6.45, 7) is 5.43. The van der Waals surface area contributed by atoms with Crippen LogP contribution in [-0.2, 0) is 18.4 Å². The third-order valence-electron chi connectivity index (χ3n) is 4.43. The van der Waals surface area contributed by atoms with Gasteiger partial charge in [0.15, 0.2) is 0 Å². The van der Waals surface area contributed by atoms with Crippen LogP contribution in [0.3, 0.4) is 0 Å². The fraction of sp³-hybridized carbons (Fsp3) is 0.444. The molecular weight excluding hydrogens is 421 g/mol. The van der Waals surface area contributed by atoms with Crippen LogP contribution in [0.4, 0.5) is 19.1 Å². The zero-order valence-corrected chi connectivity index (χ0v) is 16.8. The molecule has 0 atom stereocenters. The molecule has 0 unspecified atom stereocenters. The van der Waals surface area contributed by atoms with Crippen molar-refractivity contribution < 1.29 is 27.9 Å². The molecule has 0 radical (unpaired) electrons. The molecule has 1 aliphatic rings. The van der Waals surface area contributed by atoms with Gasteiger partial charge in [-0.3, -0.25) is 14.2 Å². The van der Waals surface area contributed by atoms with Crippen LogP contribution >= 0.6 is 0 Å². The highest BCUT2D eigenvalue weighted by Crippen LogP contribution is 2.21. The highest BCUT2D eigenvalue weighted by atomic mass is 19.4. The van der Waals surface area contributed by atoms with Gasteiger partial charge in [0.25, 0.3) is 11.5 Å². The van der Waals surface area contributed by atoms with Gasteiger partial charge in [0.2, 0.25) is 5.95 Å². The minimum atomic E-state index is -5.08. The summed E-state index contributed by atoms with van der Waals surface area (Å²) in [5.74, 6) is 3.14. The minimum absolute atomic E-state index is 0.144. The molecule has 0 aliphatic carbocycles. The van der Waals surface area contributed by atoms with Crippen LogP contribution in [0.15, 0.2) is 10.9 Å². The molecule has 1 saturated heterocycles. The Labute approximate surface area is 174 Å². The summed E-state index contributed by atoms with van der Waals surface area (Å²) in [6, 6.07) is 1.57. The van der Waals surface area contributed by atoms with Gasteiger partial charge in [0.05, 0.1) is 12.1 Å². The number of aromatic nitrogens is 3. The van der Waals surface area contributed by atoms with Crippen LogP contribution < -0.4 is 21.5 Å². The van der Waals surface area contributed by atoms with Crippen LogP contribution in [0, 0.1) is 11.8 Å². The number of fused-ring (bicyclic) bond motifs is 1. The number of nitrogens with two attached hydrogens (primary N) is 1. The molecule has 2 aromatic heterocycles. The summed E-state index contributed by atoms with van der Waals surface area (Å²) in [4.78, 5) is 39.9. The van der Waals surface area contributed by atoms with Crippen molar-refractivity contribution in [2.45, 2.75) is 19.6 Å². The van der Waals surface area contributed by atoms with E-state index in [4.69, 9.17) is 15.6 Å². The van der Waals surface area contributed by atoms with Crippen molar-refractivity contribution >= 4 is 28.9 Å². The lowest BCUT2D eigenvalue weighted by Crippen LogP contribution is -2.44. The number of carbonyl (C=O) groups excluding carboxylic acids is 1. The van der Waals surface area contributed by atoms with Crippen LogP contribution in [0.1, 0.15) is 17.4 Å². The first-order valence-electron chi connectivity index (χ1n) is 9.04. The first kappa shape index (κ1) is 23.7. The molecule has 4 N–H and O–H groups in total. The van der Waals surface area contributed by atoms with Gasteiger partial charge >= 0.3 is 12.1 Å². The average Bonchev–Trinajstić information content (AvgIpc) is 3.08. The molecule has 1 aliphatic heterocycles. The summed E-state index contributed by atoms with van der Waals surface area (Å²) in [6.07, 6.45) is -5.08. The Bertz CT molecular complexity index is 1100. The first-order valence-corrected chi connectivity index (χ1v) is 9.04. The van der Waals surface area contributed by atoms with E-state index in [2.05, 4.69) is 27.0 Å². The van der Waals surface area contributed by atoms with E-state index < -0.39 is 18.1 Å². The van der Waals surface area contributed by atoms with E-state index in [9.17, 15) is 22.8 Å². The maximum Gasteiger partial charge on any atom is 0.490 e. The van der Waals surface area contributed by atoms with Crippen molar-refractivity contribution in [2.75, 3.05) is 31.1 Å². The van der Waals surface area contributed by atoms with Gasteiger partial charge in [-0.25, -0.2) is 9.78 Å². The molecule has 2 aromatic rings. The number of halogens is 3. The molecule has 0 saturated carbocycles. The number of pyridine rings is 1. The molecule has 3 heterocycles. The third-order valence-corrected chi connectivity index (χ3v) is 4.43. The van der Waals surface area contributed by atoms with Crippen LogP contribution in [0.5, 0.6) is 0 Å². The van der Waals surface area contributed by atoms with E-state index in [1.54, 1.807) is 13.0 Å². The highest BCUT2D eigenvalue weighted by Gasteiger charge is 2.38. The zero-order chi connectivity index (χ0) is 23.3. The minimum Gasteiger partial charge on any atom is -0.475 e. The number of rotatable bonds is 3. The summed E-state index contributed by atoms with van der Waals surface area (Å²) in [7, 11) is 1.54. The molecule has 0 spiro atoms. The predicted molar refractivity (Wildman–Crippen MR) is 106 cm³/mol. The van der Waals surface area contributed by atoms with E-state index in [1.165, 1.54) is 11.6 Å². The smallest absolute Gasteiger partial charge is 0.475 e. The molecular formula is C18H21F3N6O4. The largest absolute Gasteiger partial charge is 0.490 e. The van der Waals surface area contributed by atoms with Gasteiger partial charge in [-0.05, 0) is 13.0 Å². The maximum atomic E-state index is 12.7. The summed E-state index contributed by atoms with van der Waals surface area (Å²) >= 11 is 0. The number of carboxylic acid groups (broad SMARTS) is 1. The van der Waals surface area contributed by atoms with Crippen molar-refractivity contribution in [2.24, 2.45) is 12.8 Å². The number of primary amides is 1. The Morgan fingerprint density at radius 1 is 1.32 bits per heavy atom. The Hall–Kier alpha value is -3.53. The summed E-state index contributed by atoms with van der Waals surface area (Å²) in [5, 5.41) is 10.4. The molecule has 168 valence electrons. The lowest BCUT2D eigenvalue weighted by molar-refractivity contribution is -0.192. The maximum absolute atomic E-state index is 12.7. The zero-order valence-electron chi connectivity index (χ0n) is 16.8. The molecule has 1 amide bonds. The predicted octanol–water partition coefficient (Wildman–Crippen LogP) is -0.0999. The number of hydrogen-bond donors (Lipinski definition) is 3. The van der Waals surface area contributed by atoms with Gasteiger partial charge in [-0.15, -0.1) is 5.92 Å². The Morgan fingerprint density at radius 3 is 2.39 bits per heavy atom. The summed E-state index contributed by atoms with van der Waals surface area (Å²) in [5.41, 5.74) is 6.13. The van der Waals surface area contributed by atoms with Crippen LogP contribution in [0.25, 0.3) is 11.0 Å². The third kappa shape index (κ3) is 5.34. The monoisotopic (exact) mass is 442 g/mol. The number of piperazine rings is 1. The number of hydrogen-bond acceptors (Lipinski definition) is 6. The van der Waals surface area contributed by atoms with Gasteiger partial charge in [-0.1, -0.05) is 5.92 Å². The lowest BCUT2D eigenvalue weighted by Gasteiger charge is -2.28. The van der Waals surface area contributed by atoms with Crippen molar-refractivity contribution in [3.63, 3.8) is 0 Å². The molecule has 1 fully saturated rings. The number of amides is 1. The second kappa shape index (κ2) is 9.52. The lowest BCUT2D eigenvalue weighted by atomic mass is 10.3. The average molecular weight is 442 g/mol. The second-order valence-corrected chi connectivity index (χ2v) is 6.46. The van der Waals surface area contributed by atoms with Crippen LogP contribution in [-0.4, -0.2) is 63.5 Å². The number of carbonyl (C=O) groups is 2. The Morgan fingerprint density at radius 2 is 1.90 bits per heavy atom. The van der Waals surface area contributed by atoms with Crippen LogP contribution in [0.2, 0.25) is 0 Å². The number of aliphatic carboxylic acids is 1. The second-order valence-electron chi connectivity index (χ2n) is 6.46. The fourth-order valence-electron chi connectivity index (χ4n) is 2.93. The quantitative estimate of drug-likeness (QED) is 0.565. The summed E-state index contributed by atoms with van der Waals surface area (Å²) < 4.78 is 34.8. The molecule has 13 heteroatoms. The van der Waals surface area contributed by atoms with Gasteiger partial charge in [0.1, 0.15) is 11.2 Å². The molecule has 10 nitrogen and oxygen atoms in total. The normalized spacial score (nSPS) is 13.8. The molecule has 0 bridgehead atoms. The van der Waals surface area contributed by atoms with Gasteiger partial charge in [0, 0.05) is 33.2 Å². The van der Waals surface area contributed by atoms with E-state index in [0.717, 1.165) is 26.2 Å². The number of nitrogens with one attached hydrogen (secondary N) is 1. The van der Waals surface area contributed by atoms with Crippen molar-refractivity contribution in [3.8, 4) is 11.8 Å². The number of carboxylic acids is 1. The first-order chi connectivity index (χ1) is 14.5. The topological polar surface area (TPSA) is 135 Å². The van der Waals surface area contributed by atoms with Gasteiger partial charge < -0.3 is 25.6 Å². The molecule has 31 heavy (non-hydrogen) atoms. The Balaban J connectivity index is 0.000000423. The van der Waals surface area contributed by atoms with E-state index in [0.29, 0.717) is 23.5 Å². The van der Waals surface area contributed by atoms with E-state index in [-0.39, 0.29) is 11.3 Å². The van der Waals surface area contributed by atoms with E-state index in [1.807, 2.05) is 4.57 Å². The SMILES string of the molecule is CC#CCn1c(N2CCNCC2)nc2cc(C(N)=O)n(C)c(=O)c21.O=C(O)C(F)(F)F. The van der Waals surface area contributed by atoms with Crippen molar-refractivity contribution in [1.82, 2.24) is 19.4 Å². The number of nitrogens with zero attached hydrogens (tertiary/aromatic N) is 4. The van der Waals surface area contributed by atoms with Crippen molar-refractivity contribution in [1.29, 1.82) is 0 Å². The molecule has 0 aromatic carbocycles.